The first-order valence-electron chi connectivity index (χ1n) is 8.97. The normalized spacial score (nSPS) is 19.3. The number of hydrogen-bond donors (Lipinski definition) is 2. The SMILES string of the molecule is CCCc1ccc([C@]2(C)NC(=O)N(Cc3ccc(C(N)=O)cc3)C2=O)cc1. The third-order valence-electron chi connectivity index (χ3n) is 4.92. The Balaban J connectivity index is 1.80. The predicted octanol–water partition coefficient (Wildman–Crippen LogP) is 2.71. The molecule has 2 aromatic carbocycles. The highest BCUT2D eigenvalue weighted by molar-refractivity contribution is 6.07. The Kier molecular flexibility index (Phi) is 4.99. The lowest BCUT2D eigenvalue weighted by atomic mass is 9.91. The third-order valence-corrected chi connectivity index (χ3v) is 4.92. The van der Waals surface area contributed by atoms with E-state index in [2.05, 4.69) is 12.2 Å². The topological polar surface area (TPSA) is 92.5 Å². The molecule has 1 aliphatic rings. The van der Waals surface area contributed by atoms with Crippen molar-refractivity contribution in [2.24, 2.45) is 5.73 Å². The predicted molar refractivity (Wildman–Crippen MR) is 102 cm³/mol. The summed E-state index contributed by atoms with van der Waals surface area (Å²) in [6.07, 6.45) is 2.03. The van der Waals surface area contributed by atoms with Crippen molar-refractivity contribution in [3.8, 4) is 0 Å². The van der Waals surface area contributed by atoms with Crippen molar-refractivity contribution in [2.75, 3.05) is 0 Å². The molecule has 1 saturated heterocycles. The van der Waals surface area contributed by atoms with Crippen LogP contribution in [0.5, 0.6) is 0 Å². The van der Waals surface area contributed by atoms with Crippen molar-refractivity contribution in [1.82, 2.24) is 10.2 Å². The summed E-state index contributed by atoms with van der Waals surface area (Å²) >= 11 is 0. The van der Waals surface area contributed by atoms with Gasteiger partial charge >= 0.3 is 6.03 Å². The summed E-state index contributed by atoms with van der Waals surface area (Å²) in [5, 5.41) is 2.81. The van der Waals surface area contributed by atoms with Gasteiger partial charge in [0.1, 0.15) is 5.54 Å². The zero-order valence-electron chi connectivity index (χ0n) is 15.5. The molecule has 0 radical (unpaired) electrons. The maximum absolute atomic E-state index is 13.0. The first kappa shape index (κ1) is 18.6. The fraction of sp³-hybridized carbons (Fsp3) is 0.286. The largest absolute Gasteiger partial charge is 0.366 e. The van der Waals surface area contributed by atoms with Gasteiger partial charge in [0.15, 0.2) is 0 Å². The molecule has 27 heavy (non-hydrogen) atoms. The van der Waals surface area contributed by atoms with E-state index in [9.17, 15) is 14.4 Å². The van der Waals surface area contributed by atoms with Gasteiger partial charge in [0, 0.05) is 5.56 Å². The maximum Gasteiger partial charge on any atom is 0.325 e. The molecule has 140 valence electrons. The highest BCUT2D eigenvalue weighted by atomic mass is 16.2. The van der Waals surface area contributed by atoms with Crippen LogP contribution in [0.15, 0.2) is 48.5 Å². The molecule has 0 spiro atoms. The summed E-state index contributed by atoms with van der Waals surface area (Å²) in [6.45, 7) is 3.97. The van der Waals surface area contributed by atoms with Crippen LogP contribution in [-0.2, 0) is 23.3 Å². The number of rotatable bonds is 6. The molecule has 0 aliphatic carbocycles. The Morgan fingerprint density at radius 1 is 1.04 bits per heavy atom. The van der Waals surface area contributed by atoms with Gasteiger partial charge in [0.05, 0.1) is 6.54 Å². The Hall–Kier alpha value is -3.15. The molecular weight excluding hydrogens is 342 g/mol. The van der Waals surface area contributed by atoms with Crippen LogP contribution in [0.2, 0.25) is 0 Å². The Morgan fingerprint density at radius 3 is 2.19 bits per heavy atom. The van der Waals surface area contributed by atoms with E-state index in [4.69, 9.17) is 5.73 Å². The van der Waals surface area contributed by atoms with Crippen LogP contribution < -0.4 is 11.1 Å². The van der Waals surface area contributed by atoms with Gasteiger partial charge in [0.2, 0.25) is 5.91 Å². The summed E-state index contributed by atoms with van der Waals surface area (Å²) in [7, 11) is 0. The van der Waals surface area contributed by atoms with E-state index in [1.54, 1.807) is 31.2 Å². The molecule has 0 bridgehead atoms. The minimum Gasteiger partial charge on any atom is -0.366 e. The number of urea groups is 1. The molecule has 0 aromatic heterocycles. The lowest BCUT2D eigenvalue weighted by molar-refractivity contribution is -0.131. The number of nitrogens with two attached hydrogens (primary N) is 1. The smallest absolute Gasteiger partial charge is 0.325 e. The molecular formula is C21H23N3O3. The molecule has 1 aliphatic heterocycles. The van der Waals surface area contributed by atoms with Gasteiger partial charge in [-0.2, -0.15) is 0 Å². The van der Waals surface area contributed by atoms with E-state index in [0.29, 0.717) is 5.56 Å². The summed E-state index contributed by atoms with van der Waals surface area (Å²) in [5.74, 6) is -0.814. The molecule has 1 heterocycles. The van der Waals surface area contributed by atoms with Crippen LogP contribution >= 0.6 is 0 Å². The molecule has 3 rings (SSSR count). The van der Waals surface area contributed by atoms with Crippen LogP contribution in [0, 0.1) is 0 Å². The standard InChI is InChI=1S/C21H23N3O3/c1-3-4-14-7-11-17(12-8-14)21(2)19(26)24(20(27)23-21)13-15-5-9-16(10-6-15)18(22)25/h5-12H,3-4,13H2,1-2H3,(H2,22,25)(H,23,27)/t21-/m0/s1. The van der Waals surface area contributed by atoms with Crippen molar-refractivity contribution < 1.29 is 14.4 Å². The van der Waals surface area contributed by atoms with Crippen LogP contribution in [0.3, 0.4) is 0 Å². The second-order valence-corrected chi connectivity index (χ2v) is 6.95. The second-order valence-electron chi connectivity index (χ2n) is 6.95. The minimum absolute atomic E-state index is 0.132. The first-order valence-corrected chi connectivity index (χ1v) is 8.97. The van der Waals surface area contributed by atoms with Crippen LogP contribution in [-0.4, -0.2) is 22.7 Å². The molecule has 1 atom stereocenters. The molecule has 0 saturated carbocycles. The van der Waals surface area contributed by atoms with Gasteiger partial charge in [-0.25, -0.2) is 4.79 Å². The average Bonchev–Trinajstić information content (AvgIpc) is 2.87. The molecule has 6 heteroatoms. The fourth-order valence-corrected chi connectivity index (χ4v) is 3.29. The summed E-state index contributed by atoms with van der Waals surface area (Å²) in [5.41, 5.74) is 7.23. The number of carbonyl (C=O) groups is 3. The fourth-order valence-electron chi connectivity index (χ4n) is 3.29. The van der Waals surface area contributed by atoms with E-state index >= 15 is 0 Å². The van der Waals surface area contributed by atoms with Crippen molar-refractivity contribution in [2.45, 2.75) is 38.8 Å². The van der Waals surface area contributed by atoms with Crippen LogP contribution in [0.4, 0.5) is 4.79 Å². The number of imide groups is 1. The number of hydrogen-bond acceptors (Lipinski definition) is 3. The minimum atomic E-state index is -1.09. The zero-order valence-corrected chi connectivity index (χ0v) is 15.5. The molecule has 6 nitrogen and oxygen atoms in total. The summed E-state index contributed by atoms with van der Waals surface area (Å²) < 4.78 is 0. The first-order chi connectivity index (χ1) is 12.8. The third kappa shape index (κ3) is 3.56. The monoisotopic (exact) mass is 365 g/mol. The number of amides is 4. The highest BCUT2D eigenvalue weighted by Gasteiger charge is 2.48. The van der Waals surface area contributed by atoms with Crippen LogP contribution in [0.1, 0.15) is 47.3 Å². The lowest BCUT2D eigenvalue weighted by Gasteiger charge is -2.22. The molecule has 4 amide bonds. The van der Waals surface area contributed by atoms with E-state index < -0.39 is 17.5 Å². The quantitative estimate of drug-likeness (QED) is 0.771. The van der Waals surface area contributed by atoms with Crippen molar-refractivity contribution in [3.63, 3.8) is 0 Å². The lowest BCUT2D eigenvalue weighted by Crippen LogP contribution is -2.40. The number of nitrogens with one attached hydrogen (secondary N) is 1. The average molecular weight is 365 g/mol. The Morgan fingerprint density at radius 2 is 1.63 bits per heavy atom. The maximum atomic E-state index is 13.0. The van der Waals surface area contributed by atoms with E-state index in [1.807, 2.05) is 24.3 Å². The number of aryl methyl sites for hydroxylation is 1. The van der Waals surface area contributed by atoms with Gasteiger partial charge in [-0.1, -0.05) is 49.7 Å². The highest BCUT2D eigenvalue weighted by Crippen LogP contribution is 2.30. The Bertz CT molecular complexity index is 875. The summed E-state index contributed by atoms with van der Waals surface area (Å²) in [6, 6.07) is 13.9. The molecule has 1 fully saturated rings. The number of primary amides is 1. The Labute approximate surface area is 158 Å². The van der Waals surface area contributed by atoms with Gasteiger partial charge in [-0.15, -0.1) is 0 Å². The summed E-state index contributed by atoms with van der Waals surface area (Å²) in [4.78, 5) is 37.8. The zero-order chi connectivity index (χ0) is 19.6. The molecule has 0 unspecified atom stereocenters. The van der Waals surface area contributed by atoms with Crippen LogP contribution in [0.25, 0.3) is 0 Å². The molecule has 3 N–H and O–H groups in total. The van der Waals surface area contributed by atoms with Gasteiger partial charge in [-0.3, -0.25) is 14.5 Å². The van der Waals surface area contributed by atoms with Gasteiger partial charge in [0.25, 0.3) is 5.91 Å². The van der Waals surface area contributed by atoms with Gasteiger partial charge in [-0.05, 0) is 42.2 Å². The van der Waals surface area contributed by atoms with Crippen molar-refractivity contribution in [3.05, 3.63) is 70.8 Å². The van der Waals surface area contributed by atoms with Crippen molar-refractivity contribution in [1.29, 1.82) is 0 Å². The number of carbonyl (C=O) groups excluding carboxylic acids is 3. The van der Waals surface area contributed by atoms with E-state index in [1.165, 1.54) is 10.5 Å². The van der Waals surface area contributed by atoms with Gasteiger partial charge < -0.3 is 11.1 Å². The number of benzene rings is 2. The molecule has 2 aromatic rings. The second kappa shape index (κ2) is 7.23. The van der Waals surface area contributed by atoms with E-state index in [0.717, 1.165) is 24.0 Å². The number of nitrogens with zero attached hydrogens (tertiary/aromatic N) is 1. The van der Waals surface area contributed by atoms with Crippen molar-refractivity contribution >= 4 is 17.8 Å². The van der Waals surface area contributed by atoms with E-state index in [-0.39, 0.29) is 12.5 Å².